The molecule has 0 amide bonds. The van der Waals surface area contributed by atoms with Gasteiger partial charge in [-0.05, 0) is 43.3 Å². The van der Waals surface area contributed by atoms with Gasteiger partial charge in [-0.15, -0.1) is 0 Å². The van der Waals surface area contributed by atoms with E-state index in [-0.39, 0.29) is 11.5 Å². The fourth-order valence-corrected chi connectivity index (χ4v) is 3.49. The predicted molar refractivity (Wildman–Crippen MR) is 106 cm³/mol. The molecule has 6 heteroatoms. The van der Waals surface area contributed by atoms with Crippen LogP contribution in [0.3, 0.4) is 0 Å². The summed E-state index contributed by atoms with van der Waals surface area (Å²) in [5.41, 5.74) is 7.50. The van der Waals surface area contributed by atoms with E-state index in [1.807, 2.05) is 18.2 Å². The average molecular weight is 371 g/mol. The van der Waals surface area contributed by atoms with Crippen LogP contribution in [0.4, 0.5) is 15.8 Å². The van der Waals surface area contributed by atoms with Crippen LogP contribution in [0.15, 0.2) is 42.5 Å². The van der Waals surface area contributed by atoms with Gasteiger partial charge in [-0.2, -0.15) is 0 Å². The monoisotopic (exact) mass is 371 g/mol. The van der Waals surface area contributed by atoms with E-state index in [4.69, 9.17) is 10.5 Å². The number of benzene rings is 2. The molecule has 1 aliphatic heterocycles. The first-order chi connectivity index (χ1) is 13.1. The molecule has 2 aromatic rings. The molecule has 0 unspecified atom stereocenters. The molecule has 1 saturated heterocycles. The van der Waals surface area contributed by atoms with Crippen LogP contribution >= 0.6 is 0 Å². The van der Waals surface area contributed by atoms with E-state index in [1.54, 1.807) is 7.11 Å². The number of piperazine rings is 1. The quantitative estimate of drug-likeness (QED) is 0.598. The van der Waals surface area contributed by atoms with E-state index >= 15 is 0 Å². The van der Waals surface area contributed by atoms with Gasteiger partial charge in [-0.3, -0.25) is 9.69 Å². The standard InChI is InChI=1S/C21H26FN3O2/c1-27-21-7-3-2-5-19(21)25-13-11-24(12-14-25)10-4-6-20(26)17-9-8-16(22)15-18(17)23/h2-3,5,7-9,15H,4,6,10-14,23H2,1H3. The molecular weight excluding hydrogens is 345 g/mol. The van der Waals surface area contributed by atoms with Crippen molar-refractivity contribution in [1.29, 1.82) is 0 Å². The second-order valence-electron chi connectivity index (χ2n) is 6.76. The Labute approximate surface area is 159 Å². The third-order valence-corrected chi connectivity index (χ3v) is 4.99. The number of carbonyl (C=O) groups excluding carboxylic acids is 1. The van der Waals surface area contributed by atoms with Gasteiger partial charge in [0.1, 0.15) is 11.6 Å². The first kappa shape index (κ1) is 19.2. The number of ether oxygens (including phenoxy) is 1. The molecule has 3 rings (SSSR count). The van der Waals surface area contributed by atoms with E-state index in [9.17, 15) is 9.18 Å². The van der Waals surface area contributed by atoms with Gasteiger partial charge in [0, 0.05) is 43.9 Å². The second-order valence-corrected chi connectivity index (χ2v) is 6.76. The predicted octanol–water partition coefficient (Wildman–Crippen LogP) is 3.20. The first-order valence-corrected chi connectivity index (χ1v) is 9.27. The number of carbonyl (C=O) groups is 1. The third kappa shape index (κ3) is 4.77. The second kappa shape index (κ2) is 8.86. The highest BCUT2D eigenvalue weighted by Crippen LogP contribution is 2.28. The number of anilines is 2. The van der Waals surface area contributed by atoms with Crippen LogP contribution < -0.4 is 15.4 Å². The Morgan fingerprint density at radius 2 is 1.89 bits per heavy atom. The van der Waals surface area contributed by atoms with Gasteiger partial charge >= 0.3 is 0 Å². The Balaban J connectivity index is 1.45. The zero-order valence-corrected chi connectivity index (χ0v) is 15.7. The van der Waals surface area contributed by atoms with Gasteiger partial charge < -0.3 is 15.4 Å². The van der Waals surface area contributed by atoms with Crippen molar-refractivity contribution < 1.29 is 13.9 Å². The summed E-state index contributed by atoms with van der Waals surface area (Å²) in [6, 6.07) is 12.0. The molecular formula is C21H26FN3O2. The Kier molecular flexibility index (Phi) is 6.29. The molecule has 0 aromatic heterocycles. The van der Waals surface area contributed by atoms with Crippen molar-refractivity contribution in [1.82, 2.24) is 4.90 Å². The zero-order valence-electron chi connectivity index (χ0n) is 15.7. The number of hydrogen-bond donors (Lipinski definition) is 1. The summed E-state index contributed by atoms with van der Waals surface area (Å²) in [6.45, 7) is 4.63. The van der Waals surface area contributed by atoms with Gasteiger partial charge in [0.25, 0.3) is 0 Å². The van der Waals surface area contributed by atoms with Crippen molar-refractivity contribution >= 4 is 17.2 Å². The van der Waals surface area contributed by atoms with Gasteiger partial charge in [0.15, 0.2) is 5.78 Å². The van der Waals surface area contributed by atoms with Crippen LogP contribution in [0.25, 0.3) is 0 Å². The van der Waals surface area contributed by atoms with Crippen LogP contribution in [0.5, 0.6) is 5.75 Å². The lowest BCUT2D eigenvalue weighted by Crippen LogP contribution is -2.46. The highest BCUT2D eigenvalue weighted by molar-refractivity contribution is 6.00. The number of hydrogen-bond acceptors (Lipinski definition) is 5. The maximum absolute atomic E-state index is 13.1. The Hall–Kier alpha value is -2.60. The van der Waals surface area contributed by atoms with Gasteiger partial charge in [0.2, 0.25) is 0 Å². The van der Waals surface area contributed by atoms with E-state index in [2.05, 4.69) is 15.9 Å². The third-order valence-electron chi connectivity index (χ3n) is 4.99. The van der Waals surface area contributed by atoms with Gasteiger partial charge in [0.05, 0.1) is 12.8 Å². The number of nitrogen functional groups attached to an aromatic ring is 1. The van der Waals surface area contributed by atoms with Crippen molar-refractivity contribution in [3.8, 4) is 5.75 Å². The Morgan fingerprint density at radius 3 is 2.59 bits per heavy atom. The molecule has 1 aliphatic rings. The Bertz CT molecular complexity index is 789. The summed E-state index contributed by atoms with van der Waals surface area (Å²) in [4.78, 5) is 17.0. The average Bonchev–Trinajstić information content (AvgIpc) is 2.68. The lowest BCUT2D eigenvalue weighted by molar-refractivity contribution is 0.0975. The number of rotatable bonds is 7. The number of nitrogens with zero attached hydrogens (tertiary/aromatic N) is 2. The Morgan fingerprint density at radius 1 is 1.15 bits per heavy atom. The molecule has 0 radical (unpaired) electrons. The van der Waals surface area contributed by atoms with Gasteiger partial charge in [-0.25, -0.2) is 4.39 Å². The summed E-state index contributed by atoms with van der Waals surface area (Å²) in [6.07, 6.45) is 1.19. The number of methoxy groups -OCH3 is 1. The van der Waals surface area contributed by atoms with E-state index in [1.165, 1.54) is 18.2 Å². The van der Waals surface area contributed by atoms with E-state index in [0.717, 1.165) is 50.6 Å². The molecule has 2 aromatic carbocycles. The van der Waals surface area contributed by atoms with Crippen LogP contribution in [0, 0.1) is 5.82 Å². The summed E-state index contributed by atoms with van der Waals surface area (Å²) in [5.74, 6) is 0.450. The maximum atomic E-state index is 13.1. The fourth-order valence-electron chi connectivity index (χ4n) is 3.49. The highest BCUT2D eigenvalue weighted by Gasteiger charge is 2.19. The van der Waals surface area contributed by atoms with Crippen LogP contribution in [0.1, 0.15) is 23.2 Å². The van der Waals surface area contributed by atoms with Crippen LogP contribution in [-0.4, -0.2) is 50.5 Å². The summed E-state index contributed by atoms with van der Waals surface area (Å²) < 4.78 is 18.5. The minimum Gasteiger partial charge on any atom is -0.495 e. The first-order valence-electron chi connectivity index (χ1n) is 9.27. The van der Waals surface area contributed by atoms with Crippen LogP contribution in [0.2, 0.25) is 0 Å². The topological polar surface area (TPSA) is 58.8 Å². The molecule has 0 saturated carbocycles. The summed E-state index contributed by atoms with van der Waals surface area (Å²) >= 11 is 0. The minimum atomic E-state index is -0.419. The molecule has 0 aliphatic carbocycles. The van der Waals surface area contributed by atoms with Crippen molar-refractivity contribution in [2.75, 3.05) is 50.5 Å². The van der Waals surface area contributed by atoms with Crippen molar-refractivity contribution in [3.63, 3.8) is 0 Å². The lowest BCUT2D eigenvalue weighted by atomic mass is 10.0. The van der Waals surface area contributed by atoms with Crippen molar-refractivity contribution in [2.24, 2.45) is 0 Å². The fraction of sp³-hybridized carbons (Fsp3) is 0.381. The molecule has 0 spiro atoms. The molecule has 1 fully saturated rings. The molecule has 0 atom stereocenters. The largest absolute Gasteiger partial charge is 0.495 e. The summed E-state index contributed by atoms with van der Waals surface area (Å²) in [5, 5.41) is 0. The molecule has 1 heterocycles. The molecule has 144 valence electrons. The van der Waals surface area contributed by atoms with Crippen LogP contribution in [-0.2, 0) is 0 Å². The molecule has 5 nitrogen and oxygen atoms in total. The number of Topliss-reactive ketones (excluding diaryl/α,β-unsaturated/α-hetero) is 1. The van der Waals surface area contributed by atoms with Crippen molar-refractivity contribution in [2.45, 2.75) is 12.8 Å². The number of halogens is 1. The van der Waals surface area contributed by atoms with E-state index < -0.39 is 5.82 Å². The number of para-hydroxylation sites is 2. The maximum Gasteiger partial charge on any atom is 0.164 e. The molecule has 27 heavy (non-hydrogen) atoms. The SMILES string of the molecule is COc1ccccc1N1CCN(CCCC(=O)c2ccc(F)cc2N)CC1. The minimum absolute atomic E-state index is 0.0276. The van der Waals surface area contributed by atoms with Crippen molar-refractivity contribution in [3.05, 3.63) is 53.8 Å². The van der Waals surface area contributed by atoms with Gasteiger partial charge in [-0.1, -0.05) is 12.1 Å². The summed E-state index contributed by atoms with van der Waals surface area (Å²) in [7, 11) is 1.69. The zero-order chi connectivity index (χ0) is 19.2. The smallest absolute Gasteiger partial charge is 0.164 e. The highest BCUT2D eigenvalue weighted by atomic mass is 19.1. The molecule has 2 N–H and O–H groups in total. The number of ketones is 1. The lowest BCUT2D eigenvalue weighted by Gasteiger charge is -2.36. The van der Waals surface area contributed by atoms with E-state index in [0.29, 0.717) is 12.0 Å². The molecule has 0 bridgehead atoms. The number of nitrogens with two attached hydrogens (primary N) is 1. The normalized spacial score (nSPS) is 15.0.